The zero-order valence-corrected chi connectivity index (χ0v) is 11.3. The van der Waals surface area contributed by atoms with Crippen LogP contribution in [0.1, 0.15) is 5.56 Å². The van der Waals surface area contributed by atoms with E-state index in [1.807, 2.05) is 0 Å². The van der Waals surface area contributed by atoms with Crippen molar-refractivity contribution in [2.24, 2.45) is 0 Å². The lowest BCUT2D eigenvalue weighted by atomic mass is 10.2. The Morgan fingerprint density at radius 3 is 2.40 bits per heavy atom. The van der Waals surface area contributed by atoms with Gasteiger partial charge in [-0.15, -0.1) is 0 Å². The average molecular weight is 317 g/mol. The summed E-state index contributed by atoms with van der Waals surface area (Å²) >= 11 is 5.33. The summed E-state index contributed by atoms with van der Waals surface area (Å²) in [5.41, 5.74) is 0.632. The molecule has 0 aromatic heterocycles. The van der Waals surface area contributed by atoms with E-state index in [2.05, 4.69) is 12.2 Å². The average Bonchev–Trinajstić information content (AvgIpc) is 2.64. The normalized spacial score (nSPS) is 17.9. The molecule has 0 bridgehead atoms. The van der Waals surface area contributed by atoms with E-state index in [4.69, 9.17) is 0 Å². The Kier molecular flexibility index (Phi) is 3.96. The smallest absolute Gasteiger partial charge is 0.268 e. The van der Waals surface area contributed by atoms with Gasteiger partial charge in [-0.25, -0.2) is 4.90 Å². The Balaban J connectivity index is 2.30. The molecule has 0 aliphatic carbocycles. The minimum absolute atomic E-state index is 0.0150. The zero-order chi connectivity index (χ0) is 14.9. The Bertz CT molecular complexity index is 611. The van der Waals surface area contributed by atoms with Gasteiger partial charge in [0.1, 0.15) is 0 Å². The molecule has 20 heavy (non-hydrogen) atoms. The summed E-state index contributed by atoms with van der Waals surface area (Å²) in [6.07, 6.45) is -3.74. The predicted octanol–water partition coefficient (Wildman–Crippen LogP) is 2.98. The molecule has 0 unspecified atom stereocenters. The fourth-order valence-corrected chi connectivity index (χ4v) is 2.72. The van der Waals surface area contributed by atoms with Crippen LogP contribution in [0.15, 0.2) is 35.2 Å². The molecule has 1 aromatic rings. The van der Waals surface area contributed by atoms with Crippen molar-refractivity contribution in [3.63, 3.8) is 0 Å². The van der Waals surface area contributed by atoms with E-state index >= 15 is 0 Å². The summed E-state index contributed by atoms with van der Waals surface area (Å²) in [5, 5.41) is 0. The molecule has 0 atom stereocenters. The van der Waals surface area contributed by atoms with Gasteiger partial charge in [-0.3, -0.25) is 9.59 Å². The highest BCUT2D eigenvalue weighted by Crippen LogP contribution is 2.35. The molecule has 1 fully saturated rings. The minimum atomic E-state index is -5.14. The first-order valence-corrected chi connectivity index (χ1v) is 6.47. The number of imide groups is 1. The quantitative estimate of drug-likeness (QED) is 0.589. The third-order valence-corrected chi connectivity index (χ3v) is 3.64. The number of hydrogen-bond acceptors (Lipinski definition) is 4. The van der Waals surface area contributed by atoms with Gasteiger partial charge in [0.15, 0.2) is 4.32 Å². The van der Waals surface area contributed by atoms with Crippen molar-refractivity contribution in [2.45, 2.75) is 6.18 Å². The van der Waals surface area contributed by atoms with E-state index in [-0.39, 0.29) is 9.81 Å². The zero-order valence-electron chi connectivity index (χ0n) is 9.68. The second-order valence-corrected chi connectivity index (χ2v) is 5.41. The van der Waals surface area contributed by atoms with E-state index < -0.39 is 22.3 Å². The summed E-state index contributed by atoms with van der Waals surface area (Å²) in [6.45, 7) is 0. The van der Waals surface area contributed by atoms with Gasteiger partial charge in [0.2, 0.25) is 0 Å². The van der Waals surface area contributed by atoms with Gasteiger partial charge in [-0.2, -0.15) is 13.2 Å². The van der Waals surface area contributed by atoms with Crippen LogP contribution in [0.3, 0.4) is 0 Å². The molecule has 104 valence electrons. The maximum absolute atomic E-state index is 12.4. The summed E-state index contributed by atoms with van der Waals surface area (Å²) in [6, 6.07) is 8.55. The predicted molar refractivity (Wildman–Crippen MR) is 72.5 cm³/mol. The second kappa shape index (κ2) is 5.37. The molecule has 1 aliphatic rings. The van der Waals surface area contributed by atoms with E-state index in [0.717, 1.165) is 0 Å². The van der Waals surface area contributed by atoms with Crippen molar-refractivity contribution in [3.8, 4) is 0 Å². The third-order valence-electron chi connectivity index (χ3n) is 2.34. The van der Waals surface area contributed by atoms with Crippen molar-refractivity contribution in [3.05, 3.63) is 40.8 Å². The van der Waals surface area contributed by atoms with Crippen LogP contribution in [0.4, 0.5) is 13.2 Å². The molecule has 0 radical (unpaired) electrons. The maximum Gasteiger partial charge on any atom is 0.472 e. The number of carbonyl (C=O) groups is 2. The largest absolute Gasteiger partial charge is 0.472 e. The fourth-order valence-electron chi connectivity index (χ4n) is 1.47. The number of alkyl halides is 3. The Hall–Kier alpha value is -1.67. The van der Waals surface area contributed by atoms with Crippen LogP contribution in [0, 0.1) is 0 Å². The number of hydrogen-bond donors (Lipinski definition) is 0. The van der Waals surface area contributed by atoms with Crippen LogP contribution in [0.25, 0.3) is 6.08 Å². The van der Waals surface area contributed by atoms with Crippen molar-refractivity contribution in [1.29, 1.82) is 0 Å². The molecular formula is C12H6F3NO2S2. The highest BCUT2D eigenvalue weighted by molar-refractivity contribution is 8.26. The summed E-state index contributed by atoms with van der Waals surface area (Å²) in [5.74, 6) is -3.32. The number of thioether (sulfide) groups is 1. The molecular weight excluding hydrogens is 311 g/mol. The second-order valence-electron chi connectivity index (χ2n) is 3.73. The highest BCUT2D eigenvalue weighted by atomic mass is 32.2. The summed E-state index contributed by atoms with van der Waals surface area (Å²) in [7, 11) is 0. The van der Waals surface area contributed by atoms with Gasteiger partial charge >= 0.3 is 12.1 Å². The number of carbonyl (C=O) groups excluding carboxylic acids is 2. The van der Waals surface area contributed by atoms with Crippen molar-refractivity contribution < 1.29 is 22.8 Å². The number of amides is 2. The molecule has 0 saturated carbocycles. The van der Waals surface area contributed by atoms with Gasteiger partial charge < -0.3 is 0 Å². The Morgan fingerprint density at radius 1 is 1.25 bits per heavy atom. The molecule has 3 nitrogen and oxygen atoms in total. The lowest BCUT2D eigenvalue weighted by molar-refractivity contribution is -0.182. The number of benzene rings is 1. The Morgan fingerprint density at radius 2 is 1.85 bits per heavy atom. The van der Waals surface area contributed by atoms with Gasteiger partial charge in [0.05, 0.1) is 4.91 Å². The molecule has 2 amide bonds. The summed E-state index contributed by atoms with van der Waals surface area (Å²) in [4.78, 5) is 22.9. The standard InChI is InChI=1S/C12H6F3NO2S2/c13-12(14,15)10(18)16-9(17)8(20-11(16)19)6-7-4-2-1-3-5-7/h1-6H/b8-6+. The first-order valence-electron chi connectivity index (χ1n) is 5.25. The number of halogens is 3. The van der Waals surface area contributed by atoms with Crippen molar-refractivity contribution in [1.82, 2.24) is 4.90 Å². The number of thiocarbonyl (C=S) groups is 1. The highest BCUT2D eigenvalue weighted by Gasteiger charge is 2.49. The van der Waals surface area contributed by atoms with Crippen LogP contribution in [-0.2, 0) is 9.59 Å². The number of nitrogens with zero attached hydrogens (tertiary/aromatic N) is 1. The molecule has 1 aromatic carbocycles. The van der Waals surface area contributed by atoms with Crippen molar-refractivity contribution >= 4 is 46.2 Å². The number of rotatable bonds is 1. The molecule has 0 N–H and O–H groups in total. The lowest BCUT2D eigenvalue weighted by Crippen LogP contribution is -2.43. The monoisotopic (exact) mass is 317 g/mol. The third kappa shape index (κ3) is 2.91. The molecule has 1 saturated heterocycles. The van der Waals surface area contributed by atoms with Crippen LogP contribution in [-0.4, -0.2) is 27.2 Å². The SMILES string of the molecule is O=C1/C(=C\c2ccccc2)SC(=S)N1C(=O)C(F)(F)F. The van der Waals surface area contributed by atoms with Gasteiger partial charge in [0.25, 0.3) is 5.91 Å². The van der Waals surface area contributed by atoms with E-state index in [9.17, 15) is 22.8 Å². The topological polar surface area (TPSA) is 37.4 Å². The molecule has 1 aliphatic heterocycles. The van der Waals surface area contributed by atoms with E-state index in [1.165, 1.54) is 6.08 Å². The van der Waals surface area contributed by atoms with Crippen LogP contribution in [0.2, 0.25) is 0 Å². The maximum atomic E-state index is 12.4. The van der Waals surface area contributed by atoms with E-state index in [0.29, 0.717) is 17.3 Å². The fraction of sp³-hybridized carbons (Fsp3) is 0.0833. The van der Waals surface area contributed by atoms with Gasteiger partial charge in [0, 0.05) is 0 Å². The molecule has 0 spiro atoms. The van der Waals surface area contributed by atoms with Gasteiger partial charge in [-0.1, -0.05) is 54.3 Å². The van der Waals surface area contributed by atoms with Crippen molar-refractivity contribution in [2.75, 3.05) is 0 Å². The molecule has 8 heteroatoms. The lowest BCUT2D eigenvalue weighted by Gasteiger charge is -2.13. The summed E-state index contributed by atoms with van der Waals surface area (Å²) < 4.78 is 36.7. The van der Waals surface area contributed by atoms with Crippen LogP contribution < -0.4 is 0 Å². The first kappa shape index (κ1) is 14.7. The van der Waals surface area contributed by atoms with Crippen LogP contribution in [0.5, 0.6) is 0 Å². The minimum Gasteiger partial charge on any atom is -0.268 e. The molecule has 1 heterocycles. The first-order chi connectivity index (χ1) is 9.30. The van der Waals surface area contributed by atoms with E-state index in [1.54, 1.807) is 30.3 Å². The van der Waals surface area contributed by atoms with Crippen LogP contribution >= 0.6 is 24.0 Å². The molecule has 2 rings (SSSR count). The van der Waals surface area contributed by atoms with Gasteiger partial charge in [-0.05, 0) is 11.6 Å². The Labute approximate surface area is 121 Å².